The maximum absolute atomic E-state index is 12.1. The third-order valence-electron chi connectivity index (χ3n) is 2.25. The number of aromatic nitrogens is 3. The van der Waals surface area contributed by atoms with E-state index in [1.807, 2.05) is 0 Å². The zero-order chi connectivity index (χ0) is 13.2. The molecule has 9 heteroatoms. The van der Waals surface area contributed by atoms with E-state index in [4.69, 9.17) is 5.84 Å². The lowest BCUT2D eigenvalue weighted by atomic mass is 10.5. The lowest BCUT2D eigenvalue weighted by Crippen LogP contribution is -2.16. The standard InChI is InChI=1S/C9H12N6O2S/c1-15-9(3-5-12-15)14-18(16,17)7-2-4-11-8(6-7)13-10/h2-6,14H,10H2,1H3,(H,11,13). The Kier molecular flexibility index (Phi) is 3.17. The molecule has 0 unspecified atom stereocenters. The Morgan fingerprint density at radius 1 is 1.33 bits per heavy atom. The van der Waals surface area contributed by atoms with Gasteiger partial charge in [-0.15, -0.1) is 0 Å². The van der Waals surface area contributed by atoms with Crippen LogP contribution in [-0.2, 0) is 17.1 Å². The minimum absolute atomic E-state index is 0.0617. The molecule has 0 aliphatic rings. The number of nitrogens with two attached hydrogens (primary N) is 1. The van der Waals surface area contributed by atoms with Gasteiger partial charge < -0.3 is 5.43 Å². The highest BCUT2D eigenvalue weighted by Gasteiger charge is 2.16. The zero-order valence-corrected chi connectivity index (χ0v) is 10.3. The van der Waals surface area contributed by atoms with E-state index in [-0.39, 0.29) is 10.7 Å². The molecule has 0 aliphatic heterocycles. The third-order valence-corrected chi connectivity index (χ3v) is 3.60. The van der Waals surface area contributed by atoms with Crippen molar-refractivity contribution < 1.29 is 8.42 Å². The molecule has 8 nitrogen and oxygen atoms in total. The van der Waals surface area contributed by atoms with Crippen LogP contribution in [0.3, 0.4) is 0 Å². The second kappa shape index (κ2) is 4.63. The number of hydrogen-bond acceptors (Lipinski definition) is 6. The van der Waals surface area contributed by atoms with Crippen LogP contribution in [0.25, 0.3) is 0 Å². The van der Waals surface area contributed by atoms with Crippen molar-refractivity contribution in [1.82, 2.24) is 14.8 Å². The molecule has 0 amide bonds. The predicted octanol–water partition coefficient (Wildman–Crippen LogP) is -0.0985. The molecule has 2 heterocycles. The average molecular weight is 268 g/mol. The summed E-state index contributed by atoms with van der Waals surface area (Å²) in [5.74, 6) is 5.82. The van der Waals surface area contributed by atoms with Gasteiger partial charge in [0.05, 0.1) is 11.1 Å². The summed E-state index contributed by atoms with van der Waals surface area (Å²) in [6.07, 6.45) is 2.85. The highest BCUT2D eigenvalue weighted by molar-refractivity contribution is 7.92. The Hall–Kier alpha value is -2.13. The van der Waals surface area contributed by atoms with Crippen molar-refractivity contribution in [3.63, 3.8) is 0 Å². The molecule has 0 fully saturated rings. The number of nitrogens with one attached hydrogen (secondary N) is 2. The van der Waals surface area contributed by atoms with E-state index in [9.17, 15) is 8.42 Å². The van der Waals surface area contributed by atoms with Gasteiger partial charge in [0, 0.05) is 25.4 Å². The van der Waals surface area contributed by atoms with E-state index in [0.717, 1.165) is 0 Å². The number of pyridine rings is 1. The Bertz CT molecular complexity index is 651. The molecular formula is C9H12N6O2S. The van der Waals surface area contributed by atoms with Gasteiger partial charge in [0.2, 0.25) is 0 Å². The molecule has 0 aromatic carbocycles. The molecule has 96 valence electrons. The summed E-state index contributed by atoms with van der Waals surface area (Å²) in [6, 6.07) is 4.26. The van der Waals surface area contributed by atoms with Crippen molar-refractivity contribution in [1.29, 1.82) is 0 Å². The molecule has 2 aromatic rings. The number of sulfonamides is 1. The molecule has 0 bridgehead atoms. The molecule has 0 spiro atoms. The zero-order valence-electron chi connectivity index (χ0n) is 9.53. The van der Waals surface area contributed by atoms with E-state index >= 15 is 0 Å². The average Bonchev–Trinajstić information content (AvgIpc) is 2.74. The number of anilines is 2. The molecule has 2 aromatic heterocycles. The number of rotatable bonds is 4. The van der Waals surface area contributed by atoms with Crippen LogP contribution < -0.4 is 16.0 Å². The van der Waals surface area contributed by atoms with E-state index in [1.165, 1.54) is 29.2 Å². The van der Waals surface area contributed by atoms with Crippen LogP contribution in [-0.4, -0.2) is 23.2 Å². The summed E-state index contributed by atoms with van der Waals surface area (Å²) in [5.41, 5.74) is 2.29. The Labute approximate surface area is 104 Å². The minimum Gasteiger partial charge on any atom is -0.308 e. The minimum atomic E-state index is -3.68. The Balaban J connectivity index is 2.33. The largest absolute Gasteiger partial charge is 0.308 e. The van der Waals surface area contributed by atoms with E-state index in [2.05, 4.69) is 20.2 Å². The quantitative estimate of drug-likeness (QED) is 0.527. The van der Waals surface area contributed by atoms with Crippen molar-refractivity contribution in [2.75, 3.05) is 10.1 Å². The number of aryl methyl sites for hydroxylation is 1. The second-order valence-corrected chi connectivity index (χ2v) is 5.15. The van der Waals surface area contributed by atoms with Crippen LogP contribution in [0.5, 0.6) is 0 Å². The van der Waals surface area contributed by atoms with Gasteiger partial charge in [0.25, 0.3) is 10.0 Å². The first-order valence-corrected chi connectivity index (χ1v) is 6.45. The summed E-state index contributed by atoms with van der Waals surface area (Å²) in [7, 11) is -2.05. The smallest absolute Gasteiger partial charge is 0.263 e. The molecule has 0 saturated carbocycles. The predicted molar refractivity (Wildman–Crippen MR) is 66.1 cm³/mol. The van der Waals surface area contributed by atoms with Gasteiger partial charge in [-0.25, -0.2) is 19.2 Å². The first-order valence-electron chi connectivity index (χ1n) is 4.96. The number of hydrazine groups is 1. The van der Waals surface area contributed by atoms with Crippen LogP contribution >= 0.6 is 0 Å². The van der Waals surface area contributed by atoms with Gasteiger partial charge in [0.15, 0.2) is 0 Å². The monoisotopic (exact) mass is 268 g/mol. The first kappa shape index (κ1) is 12.3. The number of hydrogen-bond donors (Lipinski definition) is 3. The van der Waals surface area contributed by atoms with Crippen molar-refractivity contribution >= 4 is 21.7 Å². The topological polar surface area (TPSA) is 115 Å². The summed E-state index contributed by atoms with van der Waals surface area (Å²) in [4.78, 5) is 3.90. The lowest BCUT2D eigenvalue weighted by molar-refractivity contribution is 0.600. The highest BCUT2D eigenvalue weighted by atomic mass is 32.2. The maximum Gasteiger partial charge on any atom is 0.263 e. The highest BCUT2D eigenvalue weighted by Crippen LogP contribution is 2.16. The van der Waals surface area contributed by atoms with Crippen LogP contribution in [0.1, 0.15) is 0 Å². The fourth-order valence-corrected chi connectivity index (χ4v) is 2.43. The lowest BCUT2D eigenvalue weighted by Gasteiger charge is -2.08. The van der Waals surface area contributed by atoms with Gasteiger partial charge in [-0.05, 0) is 6.07 Å². The molecule has 0 radical (unpaired) electrons. The van der Waals surface area contributed by atoms with Crippen molar-refractivity contribution in [2.45, 2.75) is 4.90 Å². The normalized spacial score (nSPS) is 11.2. The molecule has 18 heavy (non-hydrogen) atoms. The fraction of sp³-hybridized carbons (Fsp3) is 0.111. The SMILES string of the molecule is Cn1nccc1NS(=O)(=O)c1ccnc(NN)c1. The molecule has 0 aliphatic carbocycles. The van der Waals surface area contributed by atoms with Gasteiger partial charge in [-0.3, -0.25) is 9.40 Å². The fourth-order valence-electron chi connectivity index (χ4n) is 1.33. The Morgan fingerprint density at radius 3 is 2.72 bits per heavy atom. The van der Waals surface area contributed by atoms with Crippen molar-refractivity contribution in [2.24, 2.45) is 12.9 Å². The second-order valence-electron chi connectivity index (χ2n) is 3.47. The summed E-state index contributed by atoms with van der Waals surface area (Å²) in [6.45, 7) is 0. The number of nitrogens with zero attached hydrogens (tertiary/aromatic N) is 3. The molecule has 2 rings (SSSR count). The van der Waals surface area contributed by atoms with Gasteiger partial charge >= 0.3 is 0 Å². The maximum atomic E-state index is 12.1. The van der Waals surface area contributed by atoms with Crippen LogP contribution in [0.15, 0.2) is 35.5 Å². The molecule has 4 N–H and O–H groups in total. The third kappa shape index (κ3) is 2.41. The summed E-state index contributed by atoms with van der Waals surface area (Å²) >= 11 is 0. The molecule has 0 saturated heterocycles. The van der Waals surface area contributed by atoms with Crippen molar-refractivity contribution in [3.8, 4) is 0 Å². The van der Waals surface area contributed by atoms with E-state index in [0.29, 0.717) is 5.82 Å². The Morgan fingerprint density at radius 2 is 2.11 bits per heavy atom. The first-order chi connectivity index (χ1) is 8.53. The van der Waals surface area contributed by atoms with Gasteiger partial charge in [0.1, 0.15) is 11.6 Å². The van der Waals surface area contributed by atoms with Crippen LogP contribution in [0.2, 0.25) is 0 Å². The van der Waals surface area contributed by atoms with Gasteiger partial charge in [-0.2, -0.15) is 5.10 Å². The summed E-state index contributed by atoms with van der Waals surface area (Å²) in [5, 5.41) is 3.87. The van der Waals surface area contributed by atoms with E-state index in [1.54, 1.807) is 13.1 Å². The van der Waals surface area contributed by atoms with Crippen LogP contribution in [0.4, 0.5) is 11.6 Å². The van der Waals surface area contributed by atoms with Crippen LogP contribution in [0, 0.1) is 0 Å². The molecular weight excluding hydrogens is 256 g/mol. The number of nitrogen functional groups attached to an aromatic ring is 1. The summed E-state index contributed by atoms with van der Waals surface area (Å²) < 4.78 is 28.0. The van der Waals surface area contributed by atoms with Crippen molar-refractivity contribution in [3.05, 3.63) is 30.6 Å². The molecule has 0 atom stereocenters. The van der Waals surface area contributed by atoms with E-state index < -0.39 is 10.0 Å². The van der Waals surface area contributed by atoms with Gasteiger partial charge in [-0.1, -0.05) is 0 Å².